The van der Waals surface area contributed by atoms with Gasteiger partial charge in [-0.2, -0.15) is 0 Å². The topological polar surface area (TPSA) is 39.2 Å². The van der Waals surface area contributed by atoms with Crippen LogP contribution in [0.15, 0.2) is 18.3 Å². The van der Waals surface area contributed by atoms with Gasteiger partial charge in [-0.3, -0.25) is 4.79 Å². The Hall–Kier alpha value is -1.38. The Morgan fingerprint density at radius 1 is 1.35 bits per heavy atom. The molecule has 0 saturated heterocycles. The van der Waals surface area contributed by atoms with Crippen LogP contribution in [0.5, 0.6) is 5.75 Å². The van der Waals surface area contributed by atoms with Crippen LogP contribution in [0.4, 0.5) is 0 Å². The summed E-state index contributed by atoms with van der Waals surface area (Å²) < 4.78 is 5.25. The van der Waals surface area contributed by atoms with Crippen LogP contribution in [0.1, 0.15) is 62.4 Å². The summed E-state index contributed by atoms with van der Waals surface area (Å²) in [4.78, 5) is 16.8. The molecule has 0 aliphatic heterocycles. The van der Waals surface area contributed by atoms with Crippen molar-refractivity contribution in [1.82, 2.24) is 4.98 Å². The van der Waals surface area contributed by atoms with Crippen LogP contribution in [-0.4, -0.2) is 17.9 Å². The zero-order valence-electron chi connectivity index (χ0n) is 12.6. The van der Waals surface area contributed by atoms with Gasteiger partial charge < -0.3 is 4.74 Å². The Bertz CT molecular complexity index is 436. The zero-order chi connectivity index (χ0) is 14.4. The van der Waals surface area contributed by atoms with Crippen molar-refractivity contribution >= 4 is 5.78 Å². The van der Waals surface area contributed by atoms with Crippen LogP contribution < -0.4 is 4.74 Å². The highest BCUT2D eigenvalue weighted by molar-refractivity contribution is 5.98. The molecule has 0 spiro atoms. The number of carbonyl (C=O) groups excluding carboxylic acids is 1. The lowest BCUT2D eigenvalue weighted by molar-refractivity contribution is 0.0860. The van der Waals surface area contributed by atoms with Crippen molar-refractivity contribution in [2.45, 2.75) is 51.9 Å². The molecule has 3 heteroatoms. The number of nitrogens with zero attached hydrogens (tertiary/aromatic N) is 1. The Balaban J connectivity index is 1.94. The molecule has 1 aromatic rings. The maximum Gasteiger partial charge on any atom is 0.188 e. The van der Waals surface area contributed by atoms with E-state index >= 15 is 0 Å². The molecule has 1 saturated carbocycles. The van der Waals surface area contributed by atoms with E-state index in [-0.39, 0.29) is 11.7 Å². The molecule has 0 bridgehead atoms. The highest BCUT2D eigenvalue weighted by atomic mass is 16.5. The minimum Gasteiger partial charge on any atom is -0.494 e. The molecular weight excluding hydrogens is 250 g/mol. The number of ketones is 1. The number of unbranched alkanes of at least 4 members (excludes halogenated alkanes) is 1. The van der Waals surface area contributed by atoms with Crippen LogP contribution in [0, 0.1) is 11.8 Å². The summed E-state index contributed by atoms with van der Waals surface area (Å²) in [5, 5.41) is 0. The first-order valence-electron chi connectivity index (χ1n) is 7.79. The first-order chi connectivity index (χ1) is 9.76. The Labute approximate surface area is 121 Å². The van der Waals surface area contributed by atoms with E-state index in [0.29, 0.717) is 11.4 Å². The summed E-state index contributed by atoms with van der Waals surface area (Å²) in [6, 6.07) is 3.62. The molecule has 2 rings (SSSR count). The summed E-state index contributed by atoms with van der Waals surface area (Å²) in [5.74, 6) is 1.73. The van der Waals surface area contributed by atoms with Gasteiger partial charge in [0.25, 0.3) is 0 Å². The van der Waals surface area contributed by atoms with Gasteiger partial charge in [0.15, 0.2) is 5.78 Å². The van der Waals surface area contributed by atoms with Gasteiger partial charge in [-0.15, -0.1) is 0 Å². The largest absolute Gasteiger partial charge is 0.494 e. The lowest BCUT2D eigenvalue weighted by Gasteiger charge is -2.27. The zero-order valence-corrected chi connectivity index (χ0v) is 12.6. The molecule has 1 aliphatic rings. The number of rotatable bonds is 6. The van der Waals surface area contributed by atoms with Crippen molar-refractivity contribution in [2.24, 2.45) is 11.8 Å². The number of carbonyl (C=O) groups is 1. The van der Waals surface area contributed by atoms with Gasteiger partial charge in [0.2, 0.25) is 0 Å². The van der Waals surface area contributed by atoms with Gasteiger partial charge in [-0.25, -0.2) is 4.98 Å². The number of methoxy groups -OCH3 is 1. The average Bonchev–Trinajstić information content (AvgIpc) is 2.52. The standard InChI is InChI=1S/C17H25NO2/c1-3-4-6-13-8-10-14(11-9-13)17(19)16-15(20-2)7-5-12-18-16/h5,7,12-14H,3-4,6,8-11H2,1-2H3. The highest BCUT2D eigenvalue weighted by Gasteiger charge is 2.28. The number of pyridine rings is 1. The molecule has 0 unspecified atom stereocenters. The Morgan fingerprint density at radius 3 is 2.75 bits per heavy atom. The van der Waals surface area contributed by atoms with Crippen LogP contribution in [0.25, 0.3) is 0 Å². The maximum absolute atomic E-state index is 12.6. The predicted molar refractivity (Wildman–Crippen MR) is 80.1 cm³/mol. The van der Waals surface area contributed by atoms with Crippen molar-refractivity contribution in [3.05, 3.63) is 24.0 Å². The molecule has 1 aliphatic carbocycles. The van der Waals surface area contributed by atoms with Gasteiger partial charge in [-0.05, 0) is 43.7 Å². The van der Waals surface area contributed by atoms with E-state index in [9.17, 15) is 4.79 Å². The van der Waals surface area contributed by atoms with E-state index in [2.05, 4.69) is 11.9 Å². The number of Topliss-reactive ketones (excluding diaryl/α,β-unsaturated/α-hetero) is 1. The number of aromatic nitrogens is 1. The minimum absolute atomic E-state index is 0.136. The maximum atomic E-state index is 12.6. The van der Waals surface area contributed by atoms with Crippen molar-refractivity contribution in [3.8, 4) is 5.75 Å². The second-order valence-electron chi connectivity index (χ2n) is 5.78. The molecule has 0 amide bonds. The lowest BCUT2D eigenvalue weighted by atomic mass is 9.77. The van der Waals surface area contributed by atoms with Crippen LogP contribution in [-0.2, 0) is 0 Å². The van der Waals surface area contributed by atoms with E-state index in [4.69, 9.17) is 4.74 Å². The van der Waals surface area contributed by atoms with Crippen LogP contribution in [0.2, 0.25) is 0 Å². The summed E-state index contributed by atoms with van der Waals surface area (Å²) in [5.41, 5.74) is 0.506. The third-order valence-corrected chi connectivity index (χ3v) is 4.41. The van der Waals surface area contributed by atoms with E-state index in [1.54, 1.807) is 19.4 Å². The van der Waals surface area contributed by atoms with Gasteiger partial charge >= 0.3 is 0 Å². The van der Waals surface area contributed by atoms with Gasteiger partial charge in [0, 0.05) is 12.1 Å². The van der Waals surface area contributed by atoms with E-state index in [0.717, 1.165) is 18.8 Å². The first-order valence-corrected chi connectivity index (χ1v) is 7.79. The van der Waals surface area contributed by atoms with Crippen LogP contribution in [0.3, 0.4) is 0 Å². The van der Waals surface area contributed by atoms with E-state index < -0.39 is 0 Å². The molecule has 1 heterocycles. The second-order valence-corrected chi connectivity index (χ2v) is 5.78. The predicted octanol–water partition coefficient (Wildman–Crippen LogP) is 4.27. The second kappa shape index (κ2) is 7.41. The van der Waals surface area contributed by atoms with Crippen molar-refractivity contribution in [1.29, 1.82) is 0 Å². The summed E-state index contributed by atoms with van der Waals surface area (Å²) in [6.07, 6.45) is 9.96. The molecule has 0 radical (unpaired) electrons. The fourth-order valence-electron chi connectivity index (χ4n) is 3.14. The highest BCUT2D eigenvalue weighted by Crippen LogP contribution is 2.34. The summed E-state index contributed by atoms with van der Waals surface area (Å²) >= 11 is 0. The molecule has 0 N–H and O–H groups in total. The molecule has 0 atom stereocenters. The average molecular weight is 275 g/mol. The lowest BCUT2D eigenvalue weighted by Crippen LogP contribution is -2.23. The van der Waals surface area contributed by atoms with Crippen molar-refractivity contribution in [3.63, 3.8) is 0 Å². The molecule has 1 fully saturated rings. The number of hydrogen-bond donors (Lipinski definition) is 0. The third kappa shape index (κ3) is 3.59. The molecule has 1 aromatic heterocycles. The Morgan fingerprint density at radius 2 is 2.10 bits per heavy atom. The van der Waals surface area contributed by atoms with E-state index in [1.807, 2.05) is 6.07 Å². The molecule has 3 nitrogen and oxygen atoms in total. The molecular formula is C17H25NO2. The fourth-order valence-corrected chi connectivity index (χ4v) is 3.14. The SMILES string of the molecule is CCCCC1CCC(C(=O)c2ncccc2OC)CC1. The summed E-state index contributed by atoms with van der Waals surface area (Å²) in [6.45, 7) is 2.24. The third-order valence-electron chi connectivity index (χ3n) is 4.41. The summed E-state index contributed by atoms with van der Waals surface area (Å²) in [7, 11) is 1.59. The smallest absolute Gasteiger partial charge is 0.188 e. The quantitative estimate of drug-likeness (QED) is 0.728. The molecule has 110 valence electrons. The Kier molecular flexibility index (Phi) is 5.57. The number of ether oxygens (including phenoxy) is 1. The molecule has 20 heavy (non-hydrogen) atoms. The normalized spacial score (nSPS) is 22.5. The van der Waals surface area contributed by atoms with E-state index in [1.165, 1.54) is 32.1 Å². The van der Waals surface area contributed by atoms with Crippen molar-refractivity contribution in [2.75, 3.05) is 7.11 Å². The van der Waals surface area contributed by atoms with Crippen molar-refractivity contribution < 1.29 is 9.53 Å². The van der Waals surface area contributed by atoms with Crippen LogP contribution >= 0.6 is 0 Å². The van der Waals surface area contributed by atoms with Gasteiger partial charge in [-0.1, -0.05) is 26.2 Å². The monoisotopic (exact) mass is 275 g/mol. The fraction of sp³-hybridized carbons (Fsp3) is 0.647. The number of hydrogen-bond acceptors (Lipinski definition) is 3. The minimum atomic E-state index is 0.136. The van der Waals surface area contributed by atoms with Gasteiger partial charge in [0.1, 0.15) is 11.4 Å². The molecule has 0 aromatic carbocycles. The first kappa shape index (κ1) is 15.0. The van der Waals surface area contributed by atoms with Gasteiger partial charge in [0.05, 0.1) is 7.11 Å².